The third-order valence-electron chi connectivity index (χ3n) is 3.00. The van der Waals surface area contributed by atoms with Gasteiger partial charge in [-0.1, -0.05) is 39.0 Å². The molecule has 1 unspecified atom stereocenters. The monoisotopic (exact) mass is 381 g/mol. The van der Waals surface area contributed by atoms with Crippen LogP contribution in [0.2, 0.25) is 0 Å². The molecule has 98 valence electrons. The van der Waals surface area contributed by atoms with Crippen molar-refractivity contribution in [3.8, 4) is 0 Å². The van der Waals surface area contributed by atoms with Gasteiger partial charge in [0.2, 0.25) is 0 Å². The Morgan fingerprint density at radius 1 is 1.24 bits per heavy atom. The highest BCUT2D eigenvalue weighted by Crippen LogP contribution is 2.37. The quantitative estimate of drug-likeness (QED) is 0.552. The largest absolute Gasteiger partial charge is 0.313 e. The second kappa shape index (κ2) is 8.68. The number of thiophene rings is 1. The van der Waals surface area contributed by atoms with E-state index in [0.717, 1.165) is 0 Å². The zero-order chi connectivity index (χ0) is 12.7. The Hall–Kier alpha value is 0.620. The fourth-order valence-corrected chi connectivity index (χ4v) is 4.97. The van der Waals surface area contributed by atoms with Crippen molar-refractivity contribution in [2.24, 2.45) is 0 Å². The molecule has 0 radical (unpaired) electrons. The van der Waals surface area contributed by atoms with Crippen molar-refractivity contribution in [2.45, 2.75) is 51.5 Å². The second-order valence-corrected chi connectivity index (χ2v) is 8.07. The Morgan fingerprint density at radius 3 is 2.47 bits per heavy atom. The number of halogens is 2. The highest BCUT2D eigenvalue weighted by molar-refractivity contribution is 9.12. The average molecular weight is 383 g/mol. The van der Waals surface area contributed by atoms with Crippen LogP contribution in [-0.2, 0) is 0 Å². The smallest absolute Gasteiger partial charge is 0.0758 e. The van der Waals surface area contributed by atoms with Crippen molar-refractivity contribution in [3.63, 3.8) is 0 Å². The van der Waals surface area contributed by atoms with Gasteiger partial charge >= 0.3 is 0 Å². The lowest BCUT2D eigenvalue weighted by Crippen LogP contribution is -2.15. The number of hydrogen-bond donors (Lipinski definition) is 1. The van der Waals surface area contributed by atoms with Crippen LogP contribution in [0, 0.1) is 0 Å². The van der Waals surface area contributed by atoms with Crippen LogP contribution in [0.1, 0.15) is 57.1 Å². The van der Waals surface area contributed by atoms with E-state index in [1.165, 1.54) is 51.7 Å². The molecular formula is C13H21Br2NS. The summed E-state index contributed by atoms with van der Waals surface area (Å²) >= 11 is 8.94. The molecule has 1 aromatic rings. The lowest BCUT2D eigenvalue weighted by atomic mass is 10.0. The topological polar surface area (TPSA) is 12.0 Å². The normalized spacial score (nSPS) is 12.9. The summed E-state index contributed by atoms with van der Waals surface area (Å²) in [6.07, 6.45) is 7.96. The van der Waals surface area contributed by atoms with Crippen LogP contribution in [-0.4, -0.2) is 7.05 Å². The average Bonchev–Trinajstić information content (AvgIpc) is 2.63. The van der Waals surface area contributed by atoms with Gasteiger partial charge < -0.3 is 5.32 Å². The van der Waals surface area contributed by atoms with E-state index in [-0.39, 0.29) is 0 Å². The van der Waals surface area contributed by atoms with E-state index in [0.29, 0.717) is 6.04 Å². The van der Waals surface area contributed by atoms with Crippen LogP contribution in [0.15, 0.2) is 13.6 Å². The van der Waals surface area contributed by atoms with Crippen LogP contribution < -0.4 is 5.32 Å². The van der Waals surface area contributed by atoms with Gasteiger partial charge in [0.25, 0.3) is 0 Å². The Labute approximate surface area is 126 Å². The summed E-state index contributed by atoms with van der Waals surface area (Å²) in [7, 11) is 2.05. The first kappa shape index (κ1) is 15.7. The zero-order valence-corrected chi connectivity index (χ0v) is 14.6. The third kappa shape index (κ3) is 5.41. The van der Waals surface area contributed by atoms with Crippen LogP contribution in [0.5, 0.6) is 0 Å². The number of unbranched alkanes of at least 4 members (excludes halogenated alkanes) is 4. The standard InChI is InChI=1S/C13H21Br2NS/c1-3-4-5-6-7-8-11(16-2)10-9-12(14)17-13(10)15/h9,11,16H,3-8H2,1-2H3. The van der Waals surface area contributed by atoms with Gasteiger partial charge in [0.05, 0.1) is 7.57 Å². The van der Waals surface area contributed by atoms with Gasteiger partial charge in [0, 0.05) is 6.04 Å². The first-order valence-electron chi connectivity index (χ1n) is 6.31. The van der Waals surface area contributed by atoms with Gasteiger partial charge in [-0.25, -0.2) is 0 Å². The van der Waals surface area contributed by atoms with E-state index < -0.39 is 0 Å². The molecule has 0 saturated heterocycles. The summed E-state index contributed by atoms with van der Waals surface area (Å²) < 4.78 is 2.45. The minimum Gasteiger partial charge on any atom is -0.313 e. The van der Waals surface area contributed by atoms with Crippen LogP contribution >= 0.6 is 43.2 Å². The van der Waals surface area contributed by atoms with E-state index in [1.807, 2.05) is 0 Å². The lowest BCUT2D eigenvalue weighted by molar-refractivity contribution is 0.500. The summed E-state index contributed by atoms with van der Waals surface area (Å²) in [6, 6.07) is 2.70. The first-order chi connectivity index (χ1) is 8.19. The van der Waals surface area contributed by atoms with Crippen molar-refractivity contribution in [3.05, 3.63) is 19.2 Å². The van der Waals surface area contributed by atoms with E-state index in [2.05, 4.69) is 57.2 Å². The molecule has 0 amide bonds. The predicted octanol–water partition coefficient (Wildman–Crippen LogP) is 5.89. The van der Waals surface area contributed by atoms with Gasteiger partial charge in [-0.3, -0.25) is 0 Å². The molecule has 1 atom stereocenters. The molecule has 0 aliphatic carbocycles. The maximum absolute atomic E-state index is 3.64. The Balaban J connectivity index is 2.40. The van der Waals surface area contributed by atoms with Crippen molar-refractivity contribution in [1.29, 1.82) is 0 Å². The molecule has 0 aromatic carbocycles. The minimum atomic E-state index is 0.480. The van der Waals surface area contributed by atoms with Crippen LogP contribution in [0.25, 0.3) is 0 Å². The third-order valence-corrected chi connectivity index (χ3v) is 5.39. The Bertz CT molecular complexity index is 325. The maximum atomic E-state index is 3.64. The number of hydrogen-bond acceptors (Lipinski definition) is 2. The van der Waals surface area contributed by atoms with E-state index in [4.69, 9.17) is 0 Å². The molecule has 0 aliphatic heterocycles. The summed E-state index contributed by atoms with van der Waals surface area (Å²) in [5.41, 5.74) is 1.39. The lowest BCUT2D eigenvalue weighted by Gasteiger charge is -2.15. The molecule has 0 aliphatic rings. The number of nitrogens with one attached hydrogen (secondary N) is 1. The molecule has 1 rings (SSSR count). The first-order valence-corrected chi connectivity index (χ1v) is 8.71. The molecule has 0 spiro atoms. The summed E-state index contributed by atoms with van der Waals surface area (Å²) in [4.78, 5) is 0. The molecule has 0 saturated carbocycles. The molecule has 4 heteroatoms. The van der Waals surface area contributed by atoms with Crippen molar-refractivity contribution in [1.82, 2.24) is 5.32 Å². The van der Waals surface area contributed by atoms with Crippen LogP contribution in [0.3, 0.4) is 0 Å². The summed E-state index contributed by atoms with van der Waals surface area (Å²) in [5, 5.41) is 3.42. The predicted molar refractivity (Wildman–Crippen MR) is 84.9 cm³/mol. The van der Waals surface area contributed by atoms with Gasteiger partial charge in [-0.05, 0) is 57.0 Å². The fraction of sp³-hybridized carbons (Fsp3) is 0.692. The van der Waals surface area contributed by atoms with E-state index >= 15 is 0 Å². The molecular weight excluding hydrogens is 362 g/mol. The summed E-state index contributed by atoms with van der Waals surface area (Å²) in [5.74, 6) is 0. The number of rotatable bonds is 8. The van der Waals surface area contributed by atoms with Gasteiger partial charge in [-0.15, -0.1) is 11.3 Å². The SMILES string of the molecule is CCCCCCCC(NC)c1cc(Br)sc1Br. The highest BCUT2D eigenvalue weighted by Gasteiger charge is 2.14. The Kier molecular flexibility index (Phi) is 8.00. The molecule has 0 fully saturated rings. The molecule has 1 nitrogen and oxygen atoms in total. The van der Waals surface area contributed by atoms with E-state index in [1.54, 1.807) is 11.3 Å². The van der Waals surface area contributed by atoms with Crippen molar-refractivity contribution in [2.75, 3.05) is 7.05 Å². The maximum Gasteiger partial charge on any atom is 0.0758 e. The van der Waals surface area contributed by atoms with E-state index in [9.17, 15) is 0 Å². The van der Waals surface area contributed by atoms with Crippen LogP contribution in [0.4, 0.5) is 0 Å². The fourth-order valence-electron chi connectivity index (χ4n) is 2.00. The molecule has 0 bridgehead atoms. The highest BCUT2D eigenvalue weighted by atomic mass is 79.9. The van der Waals surface area contributed by atoms with Gasteiger partial charge in [0.1, 0.15) is 0 Å². The molecule has 1 N–H and O–H groups in total. The summed E-state index contributed by atoms with van der Waals surface area (Å²) in [6.45, 7) is 2.26. The second-order valence-electron chi connectivity index (χ2n) is 4.32. The molecule has 1 heterocycles. The van der Waals surface area contributed by atoms with Crippen molar-refractivity contribution < 1.29 is 0 Å². The zero-order valence-electron chi connectivity index (χ0n) is 10.6. The Morgan fingerprint density at radius 2 is 1.94 bits per heavy atom. The minimum absolute atomic E-state index is 0.480. The van der Waals surface area contributed by atoms with Crippen molar-refractivity contribution >= 4 is 43.2 Å². The molecule has 1 aromatic heterocycles. The molecule has 17 heavy (non-hydrogen) atoms. The van der Waals surface area contributed by atoms with Gasteiger partial charge in [-0.2, -0.15) is 0 Å². The van der Waals surface area contributed by atoms with Gasteiger partial charge in [0.15, 0.2) is 0 Å².